The summed E-state index contributed by atoms with van der Waals surface area (Å²) >= 11 is 0. The first-order valence-electron chi connectivity index (χ1n) is 5.73. The minimum absolute atomic E-state index is 0.721. The predicted molar refractivity (Wildman–Crippen MR) is 64.0 cm³/mol. The number of hydrogen-bond donors (Lipinski definition) is 1. The van der Waals surface area contributed by atoms with Crippen LogP contribution in [0.15, 0.2) is 18.3 Å². The number of methoxy groups -OCH3 is 1. The number of ether oxygens (including phenoxy) is 1. The summed E-state index contributed by atoms with van der Waals surface area (Å²) in [5, 5.41) is 0. The van der Waals surface area contributed by atoms with Gasteiger partial charge in [-0.2, -0.15) is 0 Å². The average molecular weight is 221 g/mol. The van der Waals surface area contributed by atoms with E-state index in [1.165, 1.54) is 12.8 Å². The molecule has 0 aromatic carbocycles. The molecule has 1 heterocycles. The molecule has 2 N–H and O–H groups in total. The molecule has 1 fully saturated rings. The fraction of sp³-hybridized carbons (Fsp3) is 0.583. The maximum Gasteiger partial charge on any atom is 0.0589 e. The molecule has 0 amide bonds. The number of nitrogens with two attached hydrogens (primary N) is 1. The van der Waals surface area contributed by atoms with Crippen LogP contribution >= 0.6 is 0 Å². The summed E-state index contributed by atoms with van der Waals surface area (Å²) < 4.78 is 5.12. The largest absolute Gasteiger partial charge is 0.399 e. The third-order valence-corrected chi connectivity index (χ3v) is 2.85. The summed E-state index contributed by atoms with van der Waals surface area (Å²) in [5.74, 6) is 0. The molecule has 1 aliphatic rings. The molecule has 0 aliphatic heterocycles. The van der Waals surface area contributed by atoms with E-state index in [-0.39, 0.29) is 0 Å². The molecule has 16 heavy (non-hydrogen) atoms. The fourth-order valence-electron chi connectivity index (χ4n) is 1.83. The molecular formula is C12H19N3O. The molecule has 4 nitrogen and oxygen atoms in total. The van der Waals surface area contributed by atoms with E-state index in [0.717, 1.165) is 37.1 Å². The van der Waals surface area contributed by atoms with E-state index in [0.29, 0.717) is 0 Å². The molecule has 0 atom stereocenters. The molecule has 0 bridgehead atoms. The molecule has 0 unspecified atom stereocenters. The molecule has 0 spiro atoms. The zero-order valence-corrected chi connectivity index (χ0v) is 9.72. The zero-order valence-electron chi connectivity index (χ0n) is 9.72. The van der Waals surface area contributed by atoms with Crippen LogP contribution in [0.25, 0.3) is 0 Å². The Bertz CT molecular complexity index is 339. The van der Waals surface area contributed by atoms with Gasteiger partial charge in [0.1, 0.15) is 0 Å². The van der Waals surface area contributed by atoms with Crippen molar-refractivity contribution in [2.75, 3.05) is 26.0 Å². The highest BCUT2D eigenvalue weighted by Gasteiger charge is 2.28. The summed E-state index contributed by atoms with van der Waals surface area (Å²) in [7, 11) is 1.74. The van der Waals surface area contributed by atoms with Gasteiger partial charge in [0, 0.05) is 38.1 Å². The van der Waals surface area contributed by atoms with E-state index in [9.17, 15) is 0 Å². The van der Waals surface area contributed by atoms with Crippen molar-refractivity contribution >= 4 is 5.69 Å². The first-order chi connectivity index (χ1) is 7.79. The van der Waals surface area contributed by atoms with Crippen LogP contribution < -0.4 is 5.73 Å². The third kappa shape index (κ3) is 3.18. The second-order valence-electron chi connectivity index (χ2n) is 4.27. The van der Waals surface area contributed by atoms with Gasteiger partial charge in [0.05, 0.1) is 12.3 Å². The molecule has 2 rings (SSSR count). The second-order valence-corrected chi connectivity index (χ2v) is 4.27. The quantitative estimate of drug-likeness (QED) is 0.786. The Kier molecular flexibility index (Phi) is 3.74. The lowest BCUT2D eigenvalue weighted by atomic mass is 10.3. The van der Waals surface area contributed by atoms with E-state index in [1.54, 1.807) is 13.3 Å². The standard InChI is InChI=1S/C12H19N3O/c1-16-7-6-15(12-2-3-12)9-11-8-10(13)4-5-14-11/h4-5,8,12H,2-3,6-7,9H2,1H3,(H2,13,14). The maximum atomic E-state index is 5.74. The minimum Gasteiger partial charge on any atom is -0.399 e. The molecule has 0 radical (unpaired) electrons. The van der Waals surface area contributed by atoms with Crippen LogP contribution in [0.3, 0.4) is 0 Å². The molecule has 1 aromatic rings. The average Bonchev–Trinajstić information content (AvgIpc) is 3.08. The number of nitrogen functional groups attached to an aromatic ring is 1. The van der Waals surface area contributed by atoms with Gasteiger partial charge in [0.15, 0.2) is 0 Å². The summed E-state index contributed by atoms with van der Waals surface area (Å²) in [6.07, 6.45) is 4.37. The Labute approximate surface area is 96.4 Å². The van der Waals surface area contributed by atoms with Gasteiger partial charge >= 0.3 is 0 Å². The van der Waals surface area contributed by atoms with E-state index in [4.69, 9.17) is 10.5 Å². The summed E-state index contributed by atoms with van der Waals surface area (Å²) in [4.78, 5) is 6.76. The molecule has 1 saturated carbocycles. The van der Waals surface area contributed by atoms with Crippen LogP contribution in [-0.2, 0) is 11.3 Å². The van der Waals surface area contributed by atoms with Crippen LogP contribution in [0.4, 0.5) is 5.69 Å². The number of anilines is 1. The Hall–Kier alpha value is -1.13. The van der Waals surface area contributed by atoms with Gasteiger partial charge in [0.25, 0.3) is 0 Å². The van der Waals surface area contributed by atoms with Gasteiger partial charge in [0.2, 0.25) is 0 Å². The van der Waals surface area contributed by atoms with Crippen LogP contribution in [0.5, 0.6) is 0 Å². The van der Waals surface area contributed by atoms with Crippen molar-refractivity contribution in [2.45, 2.75) is 25.4 Å². The number of nitrogens with zero attached hydrogens (tertiary/aromatic N) is 2. The van der Waals surface area contributed by atoms with E-state index in [1.807, 2.05) is 12.1 Å². The van der Waals surface area contributed by atoms with Gasteiger partial charge in [-0.3, -0.25) is 9.88 Å². The van der Waals surface area contributed by atoms with Gasteiger partial charge in [-0.15, -0.1) is 0 Å². The normalized spacial score (nSPS) is 15.6. The molecule has 4 heteroatoms. The minimum atomic E-state index is 0.721. The Balaban J connectivity index is 1.94. The summed E-state index contributed by atoms with van der Waals surface area (Å²) in [6, 6.07) is 4.49. The highest BCUT2D eigenvalue weighted by molar-refractivity contribution is 5.37. The number of pyridine rings is 1. The van der Waals surface area contributed by atoms with Crippen LogP contribution in [0.2, 0.25) is 0 Å². The van der Waals surface area contributed by atoms with Crippen molar-refractivity contribution in [1.29, 1.82) is 0 Å². The molecular weight excluding hydrogens is 202 g/mol. The van der Waals surface area contributed by atoms with Crippen molar-refractivity contribution in [3.8, 4) is 0 Å². The van der Waals surface area contributed by atoms with Crippen LogP contribution in [-0.4, -0.2) is 36.2 Å². The predicted octanol–water partition coefficient (Wildman–Crippen LogP) is 1.27. The molecule has 88 valence electrons. The molecule has 1 aromatic heterocycles. The topological polar surface area (TPSA) is 51.4 Å². The monoisotopic (exact) mass is 221 g/mol. The van der Waals surface area contributed by atoms with Crippen LogP contribution in [0, 0.1) is 0 Å². The number of rotatable bonds is 6. The maximum absolute atomic E-state index is 5.74. The highest BCUT2D eigenvalue weighted by atomic mass is 16.5. The van der Waals surface area contributed by atoms with Gasteiger partial charge in [-0.25, -0.2) is 0 Å². The lowest BCUT2D eigenvalue weighted by Gasteiger charge is -2.21. The number of hydrogen-bond acceptors (Lipinski definition) is 4. The molecule has 1 aliphatic carbocycles. The Morgan fingerprint density at radius 1 is 1.56 bits per heavy atom. The second kappa shape index (κ2) is 5.27. The van der Waals surface area contributed by atoms with E-state index in [2.05, 4.69) is 9.88 Å². The number of aromatic nitrogens is 1. The van der Waals surface area contributed by atoms with Crippen LogP contribution in [0.1, 0.15) is 18.5 Å². The van der Waals surface area contributed by atoms with Gasteiger partial charge in [-0.05, 0) is 25.0 Å². The van der Waals surface area contributed by atoms with E-state index >= 15 is 0 Å². The van der Waals surface area contributed by atoms with Crippen molar-refractivity contribution < 1.29 is 4.74 Å². The lowest BCUT2D eigenvalue weighted by molar-refractivity contribution is 0.139. The SMILES string of the molecule is COCCN(Cc1cc(N)ccn1)C1CC1. The summed E-state index contributed by atoms with van der Waals surface area (Å²) in [5.41, 5.74) is 7.57. The first kappa shape index (κ1) is 11.4. The van der Waals surface area contributed by atoms with Crippen molar-refractivity contribution in [3.63, 3.8) is 0 Å². The Morgan fingerprint density at radius 2 is 2.38 bits per heavy atom. The van der Waals surface area contributed by atoms with Gasteiger partial charge in [-0.1, -0.05) is 0 Å². The summed E-state index contributed by atoms with van der Waals surface area (Å²) in [6.45, 7) is 2.62. The smallest absolute Gasteiger partial charge is 0.0589 e. The third-order valence-electron chi connectivity index (χ3n) is 2.85. The Morgan fingerprint density at radius 3 is 3.00 bits per heavy atom. The molecule has 0 saturated heterocycles. The zero-order chi connectivity index (χ0) is 11.4. The van der Waals surface area contributed by atoms with Crippen molar-refractivity contribution in [3.05, 3.63) is 24.0 Å². The fourth-order valence-corrected chi connectivity index (χ4v) is 1.83. The van der Waals surface area contributed by atoms with Gasteiger partial charge < -0.3 is 10.5 Å². The van der Waals surface area contributed by atoms with Crippen molar-refractivity contribution in [2.24, 2.45) is 0 Å². The first-order valence-corrected chi connectivity index (χ1v) is 5.73. The highest BCUT2D eigenvalue weighted by Crippen LogP contribution is 2.27. The van der Waals surface area contributed by atoms with E-state index < -0.39 is 0 Å². The van der Waals surface area contributed by atoms with Crippen molar-refractivity contribution in [1.82, 2.24) is 9.88 Å². The lowest BCUT2D eigenvalue weighted by Crippen LogP contribution is -2.29.